The number of hydrogen-bond donors (Lipinski definition) is 2. The second kappa shape index (κ2) is 10.4. The molecule has 1 atom stereocenters. The zero-order chi connectivity index (χ0) is 23.3. The lowest BCUT2D eigenvalue weighted by Gasteiger charge is -2.15. The van der Waals surface area contributed by atoms with E-state index in [4.69, 9.17) is 0 Å². The van der Waals surface area contributed by atoms with Gasteiger partial charge in [0.05, 0.1) is 17.4 Å². The van der Waals surface area contributed by atoms with Crippen LogP contribution in [0.4, 0.5) is 10.1 Å². The number of carbonyl (C=O) groups excluding carboxylic acids is 2. The Bertz CT molecular complexity index is 1110. The topological polar surface area (TPSA) is 88.9 Å². The third-order valence-corrected chi connectivity index (χ3v) is 5.96. The summed E-state index contributed by atoms with van der Waals surface area (Å²) < 4.78 is 15.7. The zero-order valence-corrected chi connectivity index (χ0v) is 19.3. The average molecular weight is 456 g/mol. The number of amides is 2. The van der Waals surface area contributed by atoms with Crippen LogP contribution < -0.4 is 10.6 Å². The summed E-state index contributed by atoms with van der Waals surface area (Å²) >= 11 is 1.27. The molecule has 9 heteroatoms. The van der Waals surface area contributed by atoms with E-state index >= 15 is 0 Å². The van der Waals surface area contributed by atoms with Gasteiger partial charge >= 0.3 is 0 Å². The Morgan fingerprint density at radius 2 is 1.78 bits per heavy atom. The molecule has 3 aromatic rings. The lowest BCUT2D eigenvalue weighted by Crippen LogP contribution is -2.29. The van der Waals surface area contributed by atoms with Gasteiger partial charge in [0.1, 0.15) is 5.82 Å². The molecule has 0 bridgehead atoms. The first-order valence-corrected chi connectivity index (χ1v) is 11.3. The molecule has 1 aromatic heterocycles. The van der Waals surface area contributed by atoms with Crippen molar-refractivity contribution in [2.24, 2.45) is 0 Å². The van der Waals surface area contributed by atoms with Crippen molar-refractivity contribution in [1.29, 1.82) is 0 Å². The number of halogens is 1. The van der Waals surface area contributed by atoms with Crippen LogP contribution in [-0.4, -0.2) is 32.3 Å². The molecule has 168 valence electrons. The molecule has 0 radical (unpaired) electrons. The van der Waals surface area contributed by atoms with Gasteiger partial charge in [-0.1, -0.05) is 42.1 Å². The Hall–Kier alpha value is -3.20. The minimum Gasteiger partial charge on any atom is -0.342 e. The number of nitrogens with one attached hydrogen (secondary N) is 2. The first kappa shape index (κ1) is 23.5. The van der Waals surface area contributed by atoms with Gasteiger partial charge in [-0.3, -0.25) is 9.59 Å². The molecule has 0 fully saturated rings. The molecule has 1 unspecified atom stereocenters. The van der Waals surface area contributed by atoms with Crippen molar-refractivity contribution in [3.8, 4) is 0 Å². The van der Waals surface area contributed by atoms with Crippen molar-refractivity contribution in [3.05, 3.63) is 70.8 Å². The molecular weight excluding hydrogens is 429 g/mol. The van der Waals surface area contributed by atoms with Crippen molar-refractivity contribution in [2.45, 2.75) is 45.4 Å². The van der Waals surface area contributed by atoms with E-state index in [9.17, 15) is 14.0 Å². The number of aryl methyl sites for hydroxylation is 2. The van der Waals surface area contributed by atoms with Gasteiger partial charge < -0.3 is 15.2 Å². The lowest BCUT2D eigenvalue weighted by molar-refractivity contribution is -0.113. The smallest absolute Gasteiger partial charge is 0.254 e. The SMILES string of the molecule is CCn1c(SCC(=O)Nc2c(C)cccc2C)nnc1C(C)NC(=O)c1ccccc1F. The van der Waals surface area contributed by atoms with Gasteiger partial charge in [0.25, 0.3) is 5.91 Å². The fraction of sp³-hybridized carbons (Fsp3) is 0.304. The number of thioether (sulfide) groups is 1. The van der Waals surface area contributed by atoms with Gasteiger partial charge in [0.15, 0.2) is 11.0 Å². The van der Waals surface area contributed by atoms with E-state index in [1.54, 1.807) is 13.0 Å². The van der Waals surface area contributed by atoms with Crippen LogP contribution in [-0.2, 0) is 11.3 Å². The Labute approximate surface area is 190 Å². The number of carbonyl (C=O) groups is 2. The Balaban J connectivity index is 1.66. The van der Waals surface area contributed by atoms with Crippen LogP contribution in [0.5, 0.6) is 0 Å². The summed E-state index contributed by atoms with van der Waals surface area (Å²) in [7, 11) is 0. The summed E-state index contributed by atoms with van der Waals surface area (Å²) in [4.78, 5) is 24.9. The largest absolute Gasteiger partial charge is 0.342 e. The van der Waals surface area contributed by atoms with Gasteiger partial charge in [0, 0.05) is 12.2 Å². The summed E-state index contributed by atoms with van der Waals surface area (Å²) in [6.45, 7) is 8.15. The van der Waals surface area contributed by atoms with Crippen molar-refractivity contribution in [2.75, 3.05) is 11.1 Å². The third kappa shape index (κ3) is 5.34. The van der Waals surface area contributed by atoms with Crippen LogP contribution in [0.25, 0.3) is 0 Å². The molecule has 0 aliphatic heterocycles. The maximum Gasteiger partial charge on any atom is 0.254 e. The Morgan fingerprint density at radius 1 is 1.09 bits per heavy atom. The van der Waals surface area contributed by atoms with Crippen molar-refractivity contribution >= 4 is 29.3 Å². The molecule has 2 N–H and O–H groups in total. The molecule has 1 heterocycles. The Kier molecular flexibility index (Phi) is 7.63. The van der Waals surface area contributed by atoms with Gasteiger partial charge in [-0.05, 0) is 51.0 Å². The molecule has 0 saturated heterocycles. The summed E-state index contributed by atoms with van der Waals surface area (Å²) in [5, 5.41) is 14.7. The molecule has 7 nitrogen and oxygen atoms in total. The molecule has 2 amide bonds. The zero-order valence-electron chi connectivity index (χ0n) is 18.5. The van der Waals surface area contributed by atoms with E-state index in [1.165, 1.54) is 30.0 Å². The predicted octanol–water partition coefficient (Wildman–Crippen LogP) is 4.28. The van der Waals surface area contributed by atoms with Crippen molar-refractivity contribution in [1.82, 2.24) is 20.1 Å². The van der Waals surface area contributed by atoms with E-state index in [0.717, 1.165) is 16.8 Å². The van der Waals surface area contributed by atoms with Crippen LogP contribution >= 0.6 is 11.8 Å². The monoisotopic (exact) mass is 455 g/mol. The number of rotatable bonds is 8. The number of para-hydroxylation sites is 1. The van der Waals surface area contributed by atoms with Crippen LogP contribution in [0.2, 0.25) is 0 Å². The second-order valence-electron chi connectivity index (χ2n) is 7.36. The predicted molar refractivity (Wildman–Crippen MR) is 123 cm³/mol. The fourth-order valence-corrected chi connectivity index (χ4v) is 4.14. The van der Waals surface area contributed by atoms with Gasteiger partial charge in [0.2, 0.25) is 5.91 Å². The summed E-state index contributed by atoms with van der Waals surface area (Å²) in [5.74, 6) is -0.541. The molecule has 2 aromatic carbocycles. The average Bonchev–Trinajstić information content (AvgIpc) is 3.18. The van der Waals surface area contributed by atoms with E-state index < -0.39 is 17.8 Å². The first-order valence-electron chi connectivity index (χ1n) is 10.3. The highest BCUT2D eigenvalue weighted by molar-refractivity contribution is 7.99. The minimum atomic E-state index is -0.583. The summed E-state index contributed by atoms with van der Waals surface area (Å²) in [5.41, 5.74) is 2.79. The number of benzene rings is 2. The van der Waals surface area contributed by atoms with Gasteiger partial charge in [-0.2, -0.15) is 0 Å². The maximum absolute atomic E-state index is 13.9. The van der Waals surface area contributed by atoms with E-state index in [1.807, 2.05) is 43.5 Å². The van der Waals surface area contributed by atoms with Gasteiger partial charge in [-0.15, -0.1) is 10.2 Å². The summed E-state index contributed by atoms with van der Waals surface area (Å²) in [6.07, 6.45) is 0. The molecule has 0 saturated carbocycles. The van der Waals surface area contributed by atoms with Crippen LogP contribution in [0.3, 0.4) is 0 Å². The highest BCUT2D eigenvalue weighted by atomic mass is 32.2. The van der Waals surface area contributed by atoms with Crippen molar-refractivity contribution < 1.29 is 14.0 Å². The standard InChI is InChI=1S/C23H26FN5O2S/c1-5-29-21(16(4)25-22(31)17-11-6-7-12-18(17)24)27-28-23(29)32-13-19(30)26-20-14(2)9-8-10-15(20)3/h6-12,16H,5,13H2,1-4H3,(H,25,31)(H,26,30). The Morgan fingerprint density at radius 3 is 2.44 bits per heavy atom. The number of nitrogens with zero attached hydrogens (tertiary/aromatic N) is 3. The number of hydrogen-bond acceptors (Lipinski definition) is 5. The van der Waals surface area contributed by atoms with Crippen LogP contribution in [0.15, 0.2) is 47.6 Å². The quantitative estimate of drug-likeness (QED) is 0.495. The van der Waals surface area contributed by atoms with E-state index in [-0.39, 0.29) is 17.2 Å². The molecule has 0 spiro atoms. The molecule has 0 aliphatic rings. The third-order valence-electron chi connectivity index (χ3n) is 4.99. The molecular formula is C23H26FN5O2S. The second-order valence-corrected chi connectivity index (χ2v) is 8.31. The molecule has 32 heavy (non-hydrogen) atoms. The normalized spacial score (nSPS) is 11.8. The highest BCUT2D eigenvalue weighted by Crippen LogP contribution is 2.23. The van der Waals surface area contributed by atoms with Gasteiger partial charge in [-0.25, -0.2) is 4.39 Å². The maximum atomic E-state index is 13.9. The number of aromatic nitrogens is 3. The lowest BCUT2D eigenvalue weighted by atomic mass is 10.1. The van der Waals surface area contributed by atoms with Crippen LogP contribution in [0.1, 0.15) is 47.2 Å². The minimum absolute atomic E-state index is 0.0281. The summed E-state index contributed by atoms with van der Waals surface area (Å²) in [6, 6.07) is 11.2. The van der Waals surface area contributed by atoms with E-state index in [0.29, 0.717) is 17.5 Å². The van der Waals surface area contributed by atoms with Crippen molar-refractivity contribution in [3.63, 3.8) is 0 Å². The van der Waals surface area contributed by atoms with Crippen LogP contribution in [0, 0.1) is 19.7 Å². The first-order chi connectivity index (χ1) is 15.3. The number of anilines is 1. The van der Waals surface area contributed by atoms with E-state index in [2.05, 4.69) is 20.8 Å². The molecule has 3 rings (SSSR count). The highest BCUT2D eigenvalue weighted by Gasteiger charge is 2.21. The fourth-order valence-electron chi connectivity index (χ4n) is 3.33. The molecule has 0 aliphatic carbocycles.